The first-order valence-corrected chi connectivity index (χ1v) is 13.0. The van der Waals surface area contributed by atoms with Gasteiger partial charge in [-0.15, -0.1) is 0 Å². The molecule has 4 nitrogen and oxygen atoms in total. The molecule has 2 aliphatic carbocycles. The summed E-state index contributed by atoms with van der Waals surface area (Å²) in [5.41, 5.74) is 4.11. The number of hydrogen-bond donors (Lipinski definition) is 1. The van der Waals surface area contributed by atoms with Crippen LogP contribution in [0.25, 0.3) is 29.0 Å². The average molecular weight is 460 g/mol. The van der Waals surface area contributed by atoms with Gasteiger partial charge in [-0.3, -0.25) is 4.55 Å². The second kappa shape index (κ2) is 8.15. The second-order valence-electron chi connectivity index (χ2n) is 9.29. The summed E-state index contributed by atoms with van der Waals surface area (Å²) in [4.78, 5) is 2.01. The molecule has 0 saturated carbocycles. The van der Waals surface area contributed by atoms with Gasteiger partial charge in [0.15, 0.2) is 0 Å². The molecule has 5 heteroatoms. The van der Waals surface area contributed by atoms with E-state index in [1.807, 2.05) is 49.3 Å². The molecule has 0 amide bonds. The van der Waals surface area contributed by atoms with Crippen LogP contribution in [0.1, 0.15) is 42.4 Å². The highest BCUT2D eigenvalue weighted by atomic mass is 32.2. The lowest BCUT2D eigenvalue weighted by molar-refractivity contribution is 0.459. The van der Waals surface area contributed by atoms with E-state index < -0.39 is 21.3 Å². The second-order valence-corrected chi connectivity index (χ2v) is 10.9. The zero-order chi connectivity index (χ0) is 23.3. The van der Waals surface area contributed by atoms with Gasteiger partial charge in [0.2, 0.25) is 0 Å². The monoisotopic (exact) mass is 459 g/mol. The number of hydrogen-bond acceptors (Lipinski definition) is 3. The quantitative estimate of drug-likeness (QED) is 0.591. The molecule has 3 atom stereocenters. The number of allylic oxidation sites excluding steroid dienone is 1. The Kier molecular flexibility index (Phi) is 5.42. The molecule has 0 fully saturated rings. The molecule has 2 aliphatic rings. The first-order valence-electron chi connectivity index (χ1n) is 11.5. The summed E-state index contributed by atoms with van der Waals surface area (Å²) >= 11 is 0. The Morgan fingerprint density at radius 2 is 1.67 bits per heavy atom. The van der Waals surface area contributed by atoms with Crippen molar-refractivity contribution in [3.63, 3.8) is 0 Å². The van der Waals surface area contributed by atoms with Gasteiger partial charge < -0.3 is 4.90 Å². The molecule has 1 N–H and O–H groups in total. The third-order valence-corrected chi connectivity index (χ3v) is 8.37. The summed E-state index contributed by atoms with van der Waals surface area (Å²) in [5.74, 6) is -0.00102. The van der Waals surface area contributed by atoms with Gasteiger partial charge in [-0.1, -0.05) is 67.6 Å². The van der Waals surface area contributed by atoms with Gasteiger partial charge >= 0.3 is 0 Å². The van der Waals surface area contributed by atoms with Crippen molar-refractivity contribution in [2.24, 2.45) is 5.92 Å². The number of rotatable bonds is 4. The van der Waals surface area contributed by atoms with Crippen LogP contribution in [0.5, 0.6) is 0 Å². The van der Waals surface area contributed by atoms with E-state index in [9.17, 15) is 13.0 Å². The Morgan fingerprint density at radius 3 is 2.33 bits per heavy atom. The molecule has 0 radical (unpaired) electrons. The van der Waals surface area contributed by atoms with E-state index in [2.05, 4.69) is 49.4 Å². The van der Waals surface area contributed by atoms with Crippen molar-refractivity contribution in [1.82, 2.24) is 0 Å². The van der Waals surface area contributed by atoms with Gasteiger partial charge in [0, 0.05) is 25.7 Å². The van der Waals surface area contributed by atoms with Crippen molar-refractivity contribution in [3.8, 4) is 0 Å². The summed E-state index contributed by atoms with van der Waals surface area (Å²) in [6.07, 6.45) is 10.1. The topological polar surface area (TPSA) is 57.6 Å². The average Bonchev–Trinajstić information content (AvgIpc) is 2.81. The predicted octanol–water partition coefficient (Wildman–Crippen LogP) is 4.31. The highest BCUT2D eigenvalue weighted by Crippen LogP contribution is 2.36. The zero-order valence-electron chi connectivity index (χ0n) is 19.2. The van der Waals surface area contributed by atoms with Crippen molar-refractivity contribution in [2.75, 3.05) is 19.0 Å². The van der Waals surface area contributed by atoms with Crippen LogP contribution in [0.2, 0.25) is 0 Å². The van der Waals surface area contributed by atoms with E-state index in [-0.39, 0.29) is 6.42 Å². The van der Waals surface area contributed by atoms with Crippen molar-refractivity contribution >= 4 is 44.8 Å². The molecule has 3 aromatic rings. The summed E-state index contributed by atoms with van der Waals surface area (Å²) in [6.45, 7) is 2.19. The van der Waals surface area contributed by atoms with E-state index in [0.717, 1.165) is 33.8 Å². The standard InChI is InChI=1S/C28H29NO3S/c1-4-18-5-6-19-9-12-22-23-15-16-27(33(30,31)32)28(20-7-10-21(11-8-20)29(2)3)25(23)14-13-24(22)26(19)17-18/h5-15,17-18,27-28H,4,16H2,1-3H3,(H,30,31,32). The zero-order valence-corrected chi connectivity index (χ0v) is 20.0. The van der Waals surface area contributed by atoms with Gasteiger partial charge in [-0.2, -0.15) is 8.42 Å². The van der Waals surface area contributed by atoms with E-state index >= 15 is 0 Å². The molecule has 0 aliphatic heterocycles. The molecule has 0 aromatic heterocycles. The number of benzene rings is 3. The fourth-order valence-electron chi connectivity index (χ4n) is 5.31. The predicted molar refractivity (Wildman–Crippen MR) is 138 cm³/mol. The number of nitrogens with zero attached hydrogens (tertiary/aromatic N) is 1. The summed E-state index contributed by atoms with van der Waals surface area (Å²) in [6, 6.07) is 16.4. The minimum Gasteiger partial charge on any atom is -0.378 e. The molecule has 170 valence electrons. The molecule has 0 saturated heterocycles. The van der Waals surface area contributed by atoms with Crippen molar-refractivity contribution in [1.29, 1.82) is 0 Å². The van der Waals surface area contributed by atoms with Gasteiger partial charge in [0.1, 0.15) is 5.25 Å². The molecule has 3 aromatic carbocycles. The van der Waals surface area contributed by atoms with E-state index in [1.165, 1.54) is 16.2 Å². The number of anilines is 1. The Balaban J connectivity index is 1.74. The van der Waals surface area contributed by atoms with Gasteiger partial charge in [0.05, 0.1) is 0 Å². The first-order chi connectivity index (χ1) is 15.8. The fraction of sp³-hybridized carbons (Fsp3) is 0.286. The smallest absolute Gasteiger partial charge is 0.269 e. The molecule has 0 bridgehead atoms. The van der Waals surface area contributed by atoms with Gasteiger partial charge in [-0.05, 0) is 68.8 Å². The number of fused-ring (bicyclic) bond motifs is 5. The van der Waals surface area contributed by atoms with Crippen LogP contribution in [0.4, 0.5) is 5.69 Å². The fourth-order valence-corrected chi connectivity index (χ4v) is 6.29. The van der Waals surface area contributed by atoms with E-state index in [4.69, 9.17) is 0 Å². The minimum absolute atomic E-state index is 0.281. The maximum atomic E-state index is 12.4. The van der Waals surface area contributed by atoms with Crippen molar-refractivity contribution in [2.45, 2.75) is 30.9 Å². The Morgan fingerprint density at radius 1 is 0.970 bits per heavy atom. The molecule has 0 spiro atoms. The summed E-state index contributed by atoms with van der Waals surface area (Å²) in [5, 5.41) is 3.76. The van der Waals surface area contributed by atoms with Crippen LogP contribution in [0, 0.1) is 5.92 Å². The largest absolute Gasteiger partial charge is 0.378 e. The maximum Gasteiger partial charge on any atom is 0.269 e. The molecule has 3 unspecified atom stereocenters. The van der Waals surface area contributed by atoms with Crippen LogP contribution < -0.4 is 15.3 Å². The van der Waals surface area contributed by atoms with Crippen LogP contribution in [-0.4, -0.2) is 32.3 Å². The highest BCUT2D eigenvalue weighted by molar-refractivity contribution is 7.86. The van der Waals surface area contributed by atoms with Gasteiger partial charge in [-0.25, -0.2) is 0 Å². The molecular weight excluding hydrogens is 430 g/mol. The Labute approximate surface area is 195 Å². The minimum atomic E-state index is -4.23. The summed E-state index contributed by atoms with van der Waals surface area (Å²) in [7, 11) is -0.277. The maximum absolute atomic E-state index is 12.4. The van der Waals surface area contributed by atoms with Crippen molar-refractivity contribution in [3.05, 3.63) is 81.7 Å². The highest BCUT2D eigenvalue weighted by Gasteiger charge is 2.36. The lowest BCUT2D eigenvalue weighted by Crippen LogP contribution is -2.35. The first kappa shape index (κ1) is 21.9. The third kappa shape index (κ3) is 3.79. The van der Waals surface area contributed by atoms with Crippen LogP contribution in [0.3, 0.4) is 0 Å². The molecule has 33 heavy (non-hydrogen) atoms. The molecular formula is C28H29NO3S. The van der Waals surface area contributed by atoms with Crippen LogP contribution in [0.15, 0.2) is 54.6 Å². The molecule has 5 rings (SSSR count). The lowest BCUT2D eigenvalue weighted by Gasteiger charge is -2.30. The van der Waals surface area contributed by atoms with Crippen LogP contribution in [-0.2, 0) is 10.1 Å². The van der Waals surface area contributed by atoms with E-state index in [1.54, 1.807) is 0 Å². The lowest BCUT2D eigenvalue weighted by atomic mass is 9.80. The normalized spacial score (nSPS) is 21.6. The Hall–Kier alpha value is -2.89. The summed E-state index contributed by atoms with van der Waals surface area (Å²) < 4.78 is 34.9. The van der Waals surface area contributed by atoms with Crippen molar-refractivity contribution < 1.29 is 13.0 Å². The van der Waals surface area contributed by atoms with Crippen LogP contribution >= 0.6 is 0 Å². The third-order valence-electron chi connectivity index (χ3n) is 7.14. The SMILES string of the molecule is CCC1C=Cc2ccc3c4c(ccc3c2=C1)C(c1ccc(N(C)C)cc1)C(S(=O)(=O)O)CC=4. The van der Waals surface area contributed by atoms with Gasteiger partial charge in [0.25, 0.3) is 10.1 Å². The Bertz CT molecular complexity index is 1480. The van der Waals surface area contributed by atoms with E-state index in [0.29, 0.717) is 5.92 Å². The molecule has 0 heterocycles.